The molecule has 2 aromatic carbocycles. The molecule has 0 radical (unpaired) electrons. The predicted octanol–water partition coefficient (Wildman–Crippen LogP) is 2.98. The molecule has 0 bridgehead atoms. The lowest BCUT2D eigenvalue weighted by Gasteiger charge is -2.17. The molecule has 0 fully saturated rings. The molecular formula is C16H18N2O3. The fourth-order valence-electron chi connectivity index (χ4n) is 2.11. The van der Waals surface area contributed by atoms with Gasteiger partial charge in [0.25, 0.3) is 5.69 Å². The molecule has 2 aromatic rings. The van der Waals surface area contributed by atoms with Gasteiger partial charge >= 0.3 is 0 Å². The number of nitro benzene ring substituents is 1. The Morgan fingerprint density at radius 3 is 2.48 bits per heavy atom. The first-order valence-electron chi connectivity index (χ1n) is 6.78. The van der Waals surface area contributed by atoms with Gasteiger partial charge in [-0.2, -0.15) is 0 Å². The first-order chi connectivity index (χ1) is 10.1. The average Bonchev–Trinajstić information content (AvgIpc) is 2.53. The highest BCUT2D eigenvalue weighted by Crippen LogP contribution is 2.20. The van der Waals surface area contributed by atoms with Crippen LogP contribution in [-0.2, 0) is 0 Å². The van der Waals surface area contributed by atoms with E-state index in [9.17, 15) is 15.2 Å². The molecular weight excluding hydrogens is 268 g/mol. The summed E-state index contributed by atoms with van der Waals surface area (Å²) in [4.78, 5) is 10.4. The summed E-state index contributed by atoms with van der Waals surface area (Å²) in [6.45, 7) is 2.30. The van der Waals surface area contributed by atoms with Crippen LogP contribution in [0, 0.1) is 10.1 Å². The number of rotatable bonds is 6. The maximum atomic E-state index is 10.8. The molecule has 5 heteroatoms. The van der Waals surface area contributed by atoms with Crippen LogP contribution in [0.25, 0.3) is 0 Å². The molecule has 0 heterocycles. The van der Waals surface area contributed by atoms with Crippen molar-refractivity contribution < 1.29 is 10.0 Å². The number of benzene rings is 2. The highest BCUT2D eigenvalue weighted by Gasteiger charge is 2.13. The largest absolute Gasteiger partial charge is 0.387 e. The van der Waals surface area contributed by atoms with Crippen molar-refractivity contribution in [2.24, 2.45) is 0 Å². The van der Waals surface area contributed by atoms with Gasteiger partial charge in [-0.25, -0.2) is 0 Å². The van der Waals surface area contributed by atoms with Crippen molar-refractivity contribution in [3.05, 3.63) is 75.8 Å². The Morgan fingerprint density at radius 1 is 1.14 bits per heavy atom. The van der Waals surface area contributed by atoms with Crippen LogP contribution in [0.2, 0.25) is 0 Å². The summed E-state index contributed by atoms with van der Waals surface area (Å²) in [6.07, 6.45) is -0.604. The van der Waals surface area contributed by atoms with Crippen LogP contribution < -0.4 is 5.32 Å². The third-order valence-electron chi connectivity index (χ3n) is 3.38. The Bertz CT molecular complexity index is 601. The number of nitrogens with zero attached hydrogens (tertiary/aromatic N) is 1. The van der Waals surface area contributed by atoms with Crippen molar-refractivity contribution in [2.75, 3.05) is 6.54 Å². The van der Waals surface area contributed by atoms with Gasteiger partial charge in [0.1, 0.15) is 0 Å². The fourth-order valence-corrected chi connectivity index (χ4v) is 2.11. The van der Waals surface area contributed by atoms with Gasteiger partial charge in [-0.15, -0.1) is 0 Å². The maximum absolute atomic E-state index is 10.8. The summed E-state index contributed by atoms with van der Waals surface area (Å²) in [7, 11) is 0. The van der Waals surface area contributed by atoms with E-state index in [1.165, 1.54) is 6.07 Å². The quantitative estimate of drug-likeness (QED) is 0.632. The second kappa shape index (κ2) is 6.97. The lowest BCUT2D eigenvalue weighted by molar-refractivity contribution is -0.384. The molecule has 5 nitrogen and oxygen atoms in total. The third-order valence-corrected chi connectivity index (χ3v) is 3.38. The van der Waals surface area contributed by atoms with Crippen LogP contribution in [0.5, 0.6) is 0 Å². The number of non-ortho nitro benzene ring substituents is 1. The molecule has 0 saturated carbocycles. The van der Waals surface area contributed by atoms with Crippen LogP contribution in [-0.4, -0.2) is 16.6 Å². The lowest BCUT2D eigenvalue weighted by atomic mass is 10.1. The SMILES string of the molecule is CC(NCC(O)c1ccccc1)c1cccc([N+](=O)[O-])c1. The molecule has 2 N–H and O–H groups in total. The molecule has 0 aliphatic rings. The molecule has 0 aromatic heterocycles. The van der Waals surface area contributed by atoms with Gasteiger partial charge in [0.05, 0.1) is 11.0 Å². The molecule has 0 aliphatic heterocycles. The van der Waals surface area contributed by atoms with E-state index in [2.05, 4.69) is 5.32 Å². The van der Waals surface area contributed by atoms with E-state index in [1.54, 1.807) is 12.1 Å². The molecule has 21 heavy (non-hydrogen) atoms. The van der Waals surface area contributed by atoms with Gasteiger partial charge in [-0.3, -0.25) is 10.1 Å². The summed E-state index contributed by atoms with van der Waals surface area (Å²) in [5.41, 5.74) is 1.74. The lowest BCUT2D eigenvalue weighted by Crippen LogP contribution is -2.24. The van der Waals surface area contributed by atoms with Crippen molar-refractivity contribution in [3.63, 3.8) is 0 Å². The van der Waals surface area contributed by atoms with E-state index in [0.717, 1.165) is 11.1 Å². The normalized spacial score (nSPS) is 13.6. The average molecular weight is 286 g/mol. The van der Waals surface area contributed by atoms with E-state index in [4.69, 9.17) is 0 Å². The van der Waals surface area contributed by atoms with Crippen LogP contribution in [0.3, 0.4) is 0 Å². The molecule has 110 valence electrons. The van der Waals surface area contributed by atoms with Crippen LogP contribution >= 0.6 is 0 Å². The number of hydrogen-bond acceptors (Lipinski definition) is 4. The van der Waals surface area contributed by atoms with Gasteiger partial charge < -0.3 is 10.4 Å². The summed E-state index contributed by atoms with van der Waals surface area (Å²) in [6, 6.07) is 15.8. The van der Waals surface area contributed by atoms with Crippen molar-refractivity contribution in [3.8, 4) is 0 Å². The van der Waals surface area contributed by atoms with Gasteiger partial charge in [-0.05, 0) is 18.1 Å². The maximum Gasteiger partial charge on any atom is 0.269 e. The molecule has 0 aliphatic carbocycles. The zero-order valence-corrected chi connectivity index (χ0v) is 11.8. The fraction of sp³-hybridized carbons (Fsp3) is 0.250. The second-order valence-electron chi connectivity index (χ2n) is 4.91. The van der Waals surface area contributed by atoms with E-state index in [1.807, 2.05) is 43.3 Å². The highest BCUT2D eigenvalue weighted by atomic mass is 16.6. The van der Waals surface area contributed by atoms with E-state index < -0.39 is 11.0 Å². The van der Waals surface area contributed by atoms with Crippen molar-refractivity contribution in [1.82, 2.24) is 5.32 Å². The van der Waals surface area contributed by atoms with Crippen molar-refractivity contribution in [2.45, 2.75) is 19.1 Å². The van der Waals surface area contributed by atoms with E-state index in [0.29, 0.717) is 6.54 Å². The van der Waals surface area contributed by atoms with Gasteiger partial charge in [0.15, 0.2) is 0 Å². The zero-order chi connectivity index (χ0) is 15.2. The first kappa shape index (κ1) is 15.2. The minimum atomic E-state index is -0.604. The first-order valence-corrected chi connectivity index (χ1v) is 6.78. The van der Waals surface area contributed by atoms with Crippen LogP contribution in [0.1, 0.15) is 30.2 Å². The van der Waals surface area contributed by atoms with Crippen molar-refractivity contribution >= 4 is 5.69 Å². The minimum absolute atomic E-state index is 0.0738. The zero-order valence-electron chi connectivity index (χ0n) is 11.8. The smallest absolute Gasteiger partial charge is 0.269 e. The Kier molecular flexibility index (Phi) is 5.03. The van der Waals surface area contributed by atoms with Gasteiger partial charge in [0, 0.05) is 24.7 Å². The number of nitrogens with one attached hydrogen (secondary N) is 1. The molecule has 2 rings (SSSR count). The standard InChI is InChI=1S/C16H18N2O3/c1-12(14-8-5-9-15(10-14)18(20)21)17-11-16(19)13-6-3-2-4-7-13/h2-10,12,16-17,19H,11H2,1H3. The number of aliphatic hydroxyl groups excluding tert-OH is 1. The van der Waals surface area contributed by atoms with Gasteiger partial charge in [-0.1, -0.05) is 42.5 Å². The van der Waals surface area contributed by atoms with E-state index in [-0.39, 0.29) is 11.7 Å². The number of aliphatic hydroxyl groups is 1. The monoisotopic (exact) mass is 286 g/mol. The van der Waals surface area contributed by atoms with Crippen LogP contribution in [0.15, 0.2) is 54.6 Å². The van der Waals surface area contributed by atoms with Crippen LogP contribution in [0.4, 0.5) is 5.69 Å². The Hall–Kier alpha value is -2.24. The molecule has 0 amide bonds. The Morgan fingerprint density at radius 2 is 1.81 bits per heavy atom. The predicted molar refractivity (Wildman–Crippen MR) is 80.9 cm³/mol. The molecule has 2 atom stereocenters. The summed E-state index contributed by atoms with van der Waals surface area (Å²) in [5.74, 6) is 0. The molecule has 0 saturated heterocycles. The highest BCUT2D eigenvalue weighted by molar-refractivity contribution is 5.35. The second-order valence-corrected chi connectivity index (χ2v) is 4.91. The summed E-state index contributed by atoms with van der Waals surface area (Å²) >= 11 is 0. The van der Waals surface area contributed by atoms with E-state index >= 15 is 0 Å². The van der Waals surface area contributed by atoms with Gasteiger partial charge in [0.2, 0.25) is 0 Å². The number of hydrogen-bond donors (Lipinski definition) is 2. The molecule has 0 spiro atoms. The minimum Gasteiger partial charge on any atom is -0.387 e. The summed E-state index contributed by atoms with van der Waals surface area (Å²) in [5, 5.41) is 24.1. The Labute approximate surface area is 123 Å². The molecule has 2 unspecified atom stereocenters. The topological polar surface area (TPSA) is 75.4 Å². The number of nitro groups is 1. The third kappa shape index (κ3) is 4.11. The Balaban J connectivity index is 1.97. The van der Waals surface area contributed by atoms with Crippen molar-refractivity contribution in [1.29, 1.82) is 0 Å². The summed E-state index contributed by atoms with van der Waals surface area (Å²) < 4.78 is 0.